The van der Waals surface area contributed by atoms with Crippen molar-refractivity contribution >= 4 is 34.7 Å². The number of nitrogens with zero attached hydrogens (tertiary/aromatic N) is 2. The Kier molecular flexibility index (Phi) is 3.95. The van der Waals surface area contributed by atoms with E-state index >= 15 is 0 Å². The molecule has 1 atom stereocenters. The molecule has 0 radical (unpaired) electrons. The first-order chi connectivity index (χ1) is 14.3. The van der Waals surface area contributed by atoms with E-state index in [2.05, 4.69) is 30.9 Å². The molecule has 0 aliphatic carbocycles. The molecule has 2 aliphatic heterocycles. The lowest BCUT2D eigenvalue weighted by Gasteiger charge is -2.47. The molecule has 0 saturated heterocycles. The third-order valence-electron chi connectivity index (χ3n) is 6.07. The quantitative estimate of drug-likeness (QED) is 0.353. The molecule has 1 spiro atoms. The van der Waals surface area contributed by atoms with Crippen LogP contribution in [0.25, 0.3) is 6.08 Å². The average Bonchev–Trinajstić information content (AvgIpc) is 2.93. The van der Waals surface area contributed by atoms with Crippen molar-refractivity contribution < 1.29 is 9.66 Å². The van der Waals surface area contributed by atoms with Gasteiger partial charge in [0.2, 0.25) is 5.72 Å². The van der Waals surface area contributed by atoms with Crippen molar-refractivity contribution in [2.24, 2.45) is 0 Å². The van der Waals surface area contributed by atoms with Gasteiger partial charge < -0.3 is 4.74 Å². The van der Waals surface area contributed by atoms with E-state index in [0.29, 0.717) is 11.3 Å². The van der Waals surface area contributed by atoms with Crippen molar-refractivity contribution in [3.05, 3.63) is 99.1 Å². The van der Waals surface area contributed by atoms with Crippen molar-refractivity contribution in [1.29, 1.82) is 0 Å². The molecule has 0 bridgehead atoms. The first kappa shape index (κ1) is 18.7. The summed E-state index contributed by atoms with van der Waals surface area (Å²) in [5.74, 6) is 0.451. The first-order valence-corrected chi connectivity index (χ1v) is 10.0. The van der Waals surface area contributed by atoms with E-state index in [-0.39, 0.29) is 10.7 Å². The van der Waals surface area contributed by atoms with Gasteiger partial charge in [-0.1, -0.05) is 48.0 Å². The maximum absolute atomic E-state index is 11.3. The number of benzene rings is 3. The largest absolute Gasteiger partial charge is 0.461 e. The molecule has 0 aromatic heterocycles. The van der Waals surface area contributed by atoms with Crippen LogP contribution < -0.4 is 9.64 Å². The van der Waals surface area contributed by atoms with Crippen LogP contribution in [0.1, 0.15) is 25.0 Å². The summed E-state index contributed by atoms with van der Waals surface area (Å²) in [5, 5.41) is 11.5. The minimum atomic E-state index is -0.884. The van der Waals surface area contributed by atoms with Gasteiger partial charge in [0, 0.05) is 29.1 Å². The van der Waals surface area contributed by atoms with Gasteiger partial charge in [0.1, 0.15) is 5.75 Å². The zero-order valence-electron chi connectivity index (χ0n) is 16.5. The maximum atomic E-state index is 11.3. The van der Waals surface area contributed by atoms with Gasteiger partial charge >= 0.3 is 0 Å². The molecule has 5 nitrogen and oxygen atoms in total. The SMILES string of the molecule is CC1(C)c2ccccc2N(c2ccccc2)[C@@]12C=Cc1cc([N+](=O)[O-])cc(Cl)c1O2. The molecule has 0 N–H and O–H groups in total. The first-order valence-electron chi connectivity index (χ1n) is 9.66. The number of anilines is 2. The molecule has 2 heterocycles. The molecule has 3 aromatic rings. The predicted octanol–water partition coefficient (Wildman–Crippen LogP) is 6.48. The molecule has 5 rings (SSSR count). The van der Waals surface area contributed by atoms with Gasteiger partial charge in [-0.15, -0.1) is 0 Å². The summed E-state index contributed by atoms with van der Waals surface area (Å²) in [4.78, 5) is 13.0. The number of halogens is 1. The van der Waals surface area contributed by atoms with Crippen molar-refractivity contribution in [3.63, 3.8) is 0 Å². The van der Waals surface area contributed by atoms with E-state index in [1.54, 1.807) is 0 Å². The number of para-hydroxylation sites is 2. The fourth-order valence-electron chi connectivity index (χ4n) is 4.54. The van der Waals surface area contributed by atoms with Gasteiger partial charge in [-0.05, 0) is 49.8 Å². The zero-order valence-corrected chi connectivity index (χ0v) is 17.3. The van der Waals surface area contributed by atoms with Crippen molar-refractivity contribution in [2.45, 2.75) is 25.0 Å². The van der Waals surface area contributed by atoms with Crippen LogP contribution in [0.5, 0.6) is 5.75 Å². The van der Waals surface area contributed by atoms with Crippen LogP contribution in [0, 0.1) is 10.1 Å². The third kappa shape index (κ3) is 2.42. The molecular weight excluding hydrogens is 400 g/mol. The van der Waals surface area contributed by atoms with Crippen molar-refractivity contribution in [3.8, 4) is 5.75 Å². The molecule has 3 aromatic carbocycles. The number of non-ortho nitro benzene ring substituents is 1. The highest BCUT2D eigenvalue weighted by Crippen LogP contribution is 2.58. The summed E-state index contributed by atoms with van der Waals surface area (Å²) >= 11 is 6.47. The van der Waals surface area contributed by atoms with E-state index < -0.39 is 16.1 Å². The number of hydrogen-bond donors (Lipinski definition) is 0. The fourth-order valence-corrected chi connectivity index (χ4v) is 4.80. The predicted molar refractivity (Wildman–Crippen MR) is 119 cm³/mol. The lowest BCUT2D eigenvalue weighted by atomic mass is 9.76. The molecule has 0 fully saturated rings. The van der Waals surface area contributed by atoms with Crippen molar-refractivity contribution in [2.75, 3.05) is 4.90 Å². The number of ether oxygens (including phenoxy) is 1. The van der Waals surface area contributed by atoms with Gasteiger partial charge in [0.15, 0.2) is 0 Å². The molecule has 2 aliphatic rings. The topological polar surface area (TPSA) is 55.6 Å². The minimum absolute atomic E-state index is 0.0585. The van der Waals surface area contributed by atoms with E-state index in [4.69, 9.17) is 16.3 Å². The molecular formula is C24H19ClN2O3. The molecule has 30 heavy (non-hydrogen) atoms. The molecule has 0 unspecified atom stereocenters. The van der Waals surface area contributed by atoms with Gasteiger partial charge in [-0.3, -0.25) is 15.0 Å². The highest BCUT2D eigenvalue weighted by Gasteiger charge is 2.59. The third-order valence-corrected chi connectivity index (χ3v) is 6.36. The zero-order chi connectivity index (χ0) is 21.1. The normalized spacial score (nSPS) is 20.6. The second kappa shape index (κ2) is 6.34. The van der Waals surface area contributed by atoms with Gasteiger partial charge in [-0.25, -0.2) is 0 Å². The molecule has 150 valence electrons. The number of fused-ring (bicyclic) bond motifs is 2. The Morgan fingerprint density at radius 1 is 1.03 bits per heavy atom. The van der Waals surface area contributed by atoms with Crippen LogP contribution in [-0.2, 0) is 5.41 Å². The summed E-state index contributed by atoms with van der Waals surface area (Å²) in [7, 11) is 0. The van der Waals surface area contributed by atoms with E-state index in [1.807, 2.05) is 54.6 Å². The Balaban J connectivity index is 1.75. The Morgan fingerprint density at radius 3 is 2.47 bits per heavy atom. The van der Waals surface area contributed by atoms with Crippen LogP contribution in [0.4, 0.5) is 17.1 Å². The molecule has 0 amide bonds. The molecule has 0 saturated carbocycles. The Labute approximate surface area is 179 Å². The number of rotatable bonds is 2. The van der Waals surface area contributed by atoms with Gasteiger partial charge in [0.05, 0.1) is 15.4 Å². The van der Waals surface area contributed by atoms with E-state index in [1.165, 1.54) is 12.1 Å². The molecule has 6 heteroatoms. The van der Waals surface area contributed by atoms with Crippen LogP contribution >= 0.6 is 11.6 Å². The average molecular weight is 419 g/mol. The number of nitro groups is 1. The second-order valence-electron chi connectivity index (χ2n) is 8.05. The van der Waals surface area contributed by atoms with E-state index in [0.717, 1.165) is 16.9 Å². The van der Waals surface area contributed by atoms with Gasteiger partial charge in [0.25, 0.3) is 5.69 Å². The smallest absolute Gasteiger partial charge is 0.271 e. The Morgan fingerprint density at radius 2 is 1.73 bits per heavy atom. The van der Waals surface area contributed by atoms with Gasteiger partial charge in [-0.2, -0.15) is 0 Å². The summed E-state index contributed by atoms with van der Waals surface area (Å²) in [6.07, 6.45) is 3.86. The van der Waals surface area contributed by atoms with E-state index in [9.17, 15) is 10.1 Å². The summed E-state index contributed by atoms with van der Waals surface area (Å²) in [6, 6.07) is 21.1. The van der Waals surface area contributed by atoms with Crippen LogP contribution in [0.3, 0.4) is 0 Å². The lowest BCUT2D eigenvalue weighted by Crippen LogP contribution is -2.57. The standard InChI is InChI=1S/C24H19ClN2O3/c1-23(2)19-10-6-7-11-21(19)26(17-8-4-3-5-9-17)24(23)13-12-16-14-18(27(28)29)15-20(25)22(16)30-24/h3-15H,1-2H3/t24-/m1/s1. The second-order valence-corrected chi connectivity index (χ2v) is 8.46. The van der Waals surface area contributed by atoms with Crippen LogP contribution in [0.2, 0.25) is 5.02 Å². The summed E-state index contributed by atoms with van der Waals surface area (Å²) in [6.45, 7) is 4.28. The maximum Gasteiger partial charge on any atom is 0.271 e. The van der Waals surface area contributed by atoms with Crippen LogP contribution in [-0.4, -0.2) is 10.6 Å². The number of hydrogen-bond acceptors (Lipinski definition) is 4. The monoisotopic (exact) mass is 418 g/mol. The summed E-state index contributed by atoms with van der Waals surface area (Å²) in [5.41, 5.74) is 2.42. The Hall–Kier alpha value is -3.31. The van der Waals surface area contributed by atoms with Crippen molar-refractivity contribution in [1.82, 2.24) is 0 Å². The fraction of sp³-hybridized carbons (Fsp3) is 0.167. The highest BCUT2D eigenvalue weighted by atomic mass is 35.5. The summed E-state index contributed by atoms with van der Waals surface area (Å²) < 4.78 is 6.70. The Bertz CT molecular complexity index is 1210. The lowest BCUT2D eigenvalue weighted by molar-refractivity contribution is -0.384. The minimum Gasteiger partial charge on any atom is -0.461 e. The van der Waals surface area contributed by atoms with Crippen LogP contribution in [0.15, 0.2) is 72.8 Å². The number of nitro benzene ring substituents is 1. The highest BCUT2D eigenvalue weighted by molar-refractivity contribution is 6.32.